The van der Waals surface area contributed by atoms with Crippen molar-refractivity contribution in [3.8, 4) is 23.0 Å². The minimum atomic E-state index is -0.844. The summed E-state index contributed by atoms with van der Waals surface area (Å²) in [4.78, 5) is 32.7. The first-order valence-corrected chi connectivity index (χ1v) is 16.3. The summed E-state index contributed by atoms with van der Waals surface area (Å²) in [6.07, 6.45) is 1.79. The van der Waals surface area contributed by atoms with Crippen LogP contribution in [0.1, 0.15) is 60.2 Å². The summed E-state index contributed by atoms with van der Waals surface area (Å²) in [7, 11) is 3.14. The van der Waals surface area contributed by atoms with E-state index in [1.807, 2.05) is 37.3 Å². The van der Waals surface area contributed by atoms with Gasteiger partial charge in [0, 0.05) is 5.56 Å². The number of esters is 1. The van der Waals surface area contributed by atoms with Gasteiger partial charge in [-0.1, -0.05) is 47.2 Å². The van der Waals surface area contributed by atoms with Crippen molar-refractivity contribution in [3.05, 3.63) is 113 Å². The smallest absolute Gasteiger partial charge is 0.338 e. The number of carbonyl (C=O) groups is 1. The number of hydrogen-bond acceptors (Lipinski definition) is 9. The topological polar surface area (TPSA) is 97.6 Å². The van der Waals surface area contributed by atoms with Crippen LogP contribution in [0.2, 0.25) is 0 Å². The van der Waals surface area contributed by atoms with Crippen molar-refractivity contribution in [1.29, 1.82) is 0 Å². The Kier molecular flexibility index (Phi) is 10.2. The lowest BCUT2D eigenvalue weighted by Gasteiger charge is -2.26. The molecule has 0 spiro atoms. The fourth-order valence-corrected chi connectivity index (χ4v) is 6.97. The quantitative estimate of drug-likeness (QED) is 0.191. The first-order chi connectivity index (χ1) is 22.6. The average molecular weight is 657 g/mol. The molecule has 0 fully saturated rings. The molecule has 4 aromatic rings. The molecule has 3 aromatic carbocycles. The van der Waals surface area contributed by atoms with Crippen molar-refractivity contribution in [2.75, 3.05) is 27.4 Å². The number of thiazole rings is 1. The number of fused-ring (bicyclic) bond motifs is 1. The molecule has 0 saturated heterocycles. The molecule has 0 unspecified atom stereocenters. The van der Waals surface area contributed by atoms with Crippen molar-refractivity contribution in [3.63, 3.8) is 0 Å². The van der Waals surface area contributed by atoms with Crippen molar-refractivity contribution in [2.24, 2.45) is 4.99 Å². The molecular formula is C37H40N2O7S. The Morgan fingerprint density at radius 3 is 2.30 bits per heavy atom. The zero-order valence-corrected chi connectivity index (χ0v) is 28.9. The lowest BCUT2D eigenvalue weighted by atomic mass is 9.94. The second-order valence-electron chi connectivity index (χ2n) is 11.2. The van der Waals surface area contributed by atoms with Crippen molar-refractivity contribution in [2.45, 2.75) is 54.2 Å². The summed E-state index contributed by atoms with van der Waals surface area (Å²) in [6, 6.07) is 14.4. The molecule has 0 saturated carbocycles. The van der Waals surface area contributed by atoms with Gasteiger partial charge in [-0.15, -0.1) is 0 Å². The van der Waals surface area contributed by atoms with Gasteiger partial charge in [0.15, 0.2) is 27.8 Å². The van der Waals surface area contributed by atoms with E-state index >= 15 is 0 Å². The molecule has 2 heterocycles. The third kappa shape index (κ3) is 6.69. The van der Waals surface area contributed by atoms with Gasteiger partial charge < -0.3 is 23.7 Å². The molecule has 10 heteroatoms. The van der Waals surface area contributed by atoms with Crippen molar-refractivity contribution < 1.29 is 28.5 Å². The Morgan fingerprint density at radius 2 is 1.64 bits per heavy atom. The maximum absolute atomic E-state index is 14.2. The van der Waals surface area contributed by atoms with Crippen LogP contribution in [0.4, 0.5) is 0 Å². The van der Waals surface area contributed by atoms with E-state index < -0.39 is 12.0 Å². The van der Waals surface area contributed by atoms with Crippen LogP contribution >= 0.6 is 11.3 Å². The van der Waals surface area contributed by atoms with Gasteiger partial charge in [-0.3, -0.25) is 9.36 Å². The fraction of sp³-hybridized carbons (Fsp3) is 0.324. The van der Waals surface area contributed by atoms with Gasteiger partial charge >= 0.3 is 5.97 Å². The number of aryl methyl sites for hydroxylation is 3. The number of hydrogen-bond donors (Lipinski definition) is 0. The maximum Gasteiger partial charge on any atom is 0.338 e. The summed E-state index contributed by atoms with van der Waals surface area (Å²) in [5.74, 6) is 1.54. The second kappa shape index (κ2) is 14.3. The molecule has 0 amide bonds. The number of carbonyl (C=O) groups excluding carboxylic acids is 1. The summed E-state index contributed by atoms with van der Waals surface area (Å²) in [5.41, 5.74) is 6.48. The van der Waals surface area contributed by atoms with Crippen LogP contribution in [0, 0.1) is 20.8 Å². The normalized spacial score (nSPS) is 14.4. The number of benzene rings is 3. The highest BCUT2D eigenvalue weighted by Gasteiger charge is 2.36. The SMILES string of the molecule is CCOC(=O)C1=C(C)N=c2s/c(=C/c3ccc(OCc4c(C)cc(C)cc4C)c(OC)c3)c(=O)n2[C@@H]1c1cccc(OC)c1OCC. The van der Waals surface area contributed by atoms with E-state index in [0.29, 0.717) is 56.8 Å². The highest BCUT2D eigenvalue weighted by molar-refractivity contribution is 7.07. The van der Waals surface area contributed by atoms with Gasteiger partial charge in [-0.05, 0) is 88.1 Å². The highest BCUT2D eigenvalue weighted by Crippen LogP contribution is 2.41. The van der Waals surface area contributed by atoms with E-state index in [9.17, 15) is 9.59 Å². The first-order valence-electron chi connectivity index (χ1n) is 15.5. The van der Waals surface area contributed by atoms with Crippen molar-refractivity contribution in [1.82, 2.24) is 4.57 Å². The van der Waals surface area contributed by atoms with Gasteiger partial charge in [0.25, 0.3) is 5.56 Å². The van der Waals surface area contributed by atoms with Gasteiger partial charge in [0.1, 0.15) is 12.6 Å². The van der Waals surface area contributed by atoms with Crippen LogP contribution in [-0.2, 0) is 16.1 Å². The number of rotatable bonds is 11. The number of aromatic nitrogens is 1. The number of methoxy groups -OCH3 is 2. The molecule has 0 bridgehead atoms. The molecule has 0 aliphatic carbocycles. The van der Waals surface area contributed by atoms with Gasteiger partial charge in [-0.25, -0.2) is 9.79 Å². The van der Waals surface area contributed by atoms with Crippen LogP contribution in [0.5, 0.6) is 23.0 Å². The molecule has 47 heavy (non-hydrogen) atoms. The predicted molar refractivity (Wildman–Crippen MR) is 183 cm³/mol. The monoisotopic (exact) mass is 656 g/mol. The average Bonchev–Trinajstić information content (AvgIpc) is 3.34. The summed E-state index contributed by atoms with van der Waals surface area (Å²) < 4.78 is 30.9. The Balaban J connectivity index is 1.59. The maximum atomic E-state index is 14.2. The molecule has 0 N–H and O–H groups in total. The van der Waals surface area contributed by atoms with Crippen LogP contribution in [0.15, 0.2) is 69.6 Å². The minimum Gasteiger partial charge on any atom is -0.493 e. The minimum absolute atomic E-state index is 0.176. The predicted octanol–water partition coefficient (Wildman–Crippen LogP) is 5.72. The standard InChI is InChI=1S/C37H40N2O7S/c1-9-44-34-26(12-11-13-29(34)42-7)33-32(36(41)45-10-2)24(6)38-37-39(33)35(40)31(47-37)19-25-14-15-28(30(18-25)43-8)46-20-27-22(4)16-21(3)17-23(27)5/h11-19,33H,9-10,20H2,1-8H3/b31-19+/t33-/m1/s1. The highest BCUT2D eigenvalue weighted by atomic mass is 32.1. The first kappa shape index (κ1) is 33.5. The van der Waals surface area contributed by atoms with E-state index in [-0.39, 0.29) is 17.7 Å². The lowest BCUT2D eigenvalue weighted by molar-refractivity contribution is -0.139. The molecule has 1 aliphatic heterocycles. The molecule has 1 aliphatic rings. The summed E-state index contributed by atoms with van der Waals surface area (Å²) >= 11 is 1.24. The van der Waals surface area contributed by atoms with Gasteiger partial charge in [0.05, 0.1) is 43.2 Å². The third-order valence-electron chi connectivity index (χ3n) is 8.03. The number of allylic oxidation sites excluding steroid dienone is 1. The zero-order chi connectivity index (χ0) is 33.8. The van der Waals surface area contributed by atoms with E-state index in [4.69, 9.17) is 28.7 Å². The van der Waals surface area contributed by atoms with E-state index in [0.717, 1.165) is 11.1 Å². The molecule has 9 nitrogen and oxygen atoms in total. The van der Waals surface area contributed by atoms with E-state index in [2.05, 4.69) is 32.9 Å². The Morgan fingerprint density at radius 1 is 0.915 bits per heavy atom. The fourth-order valence-electron chi connectivity index (χ4n) is 5.93. The van der Waals surface area contributed by atoms with Crippen LogP contribution in [0.3, 0.4) is 0 Å². The largest absolute Gasteiger partial charge is 0.493 e. The van der Waals surface area contributed by atoms with Gasteiger partial charge in [0.2, 0.25) is 0 Å². The van der Waals surface area contributed by atoms with Crippen LogP contribution in [-0.4, -0.2) is 38.0 Å². The number of ether oxygens (including phenoxy) is 5. The second-order valence-corrected chi connectivity index (χ2v) is 12.2. The lowest BCUT2D eigenvalue weighted by Crippen LogP contribution is -2.40. The number of para-hydroxylation sites is 1. The summed E-state index contributed by atoms with van der Waals surface area (Å²) in [5, 5.41) is 0. The molecule has 1 atom stereocenters. The zero-order valence-electron chi connectivity index (χ0n) is 28.1. The van der Waals surface area contributed by atoms with Crippen LogP contribution in [0.25, 0.3) is 6.08 Å². The summed E-state index contributed by atoms with van der Waals surface area (Å²) in [6.45, 7) is 12.6. The molecule has 246 valence electrons. The Labute approximate surface area is 278 Å². The molecule has 1 aromatic heterocycles. The molecule has 5 rings (SSSR count). The Hall–Kier alpha value is -4.83. The van der Waals surface area contributed by atoms with E-state index in [1.54, 1.807) is 40.2 Å². The van der Waals surface area contributed by atoms with E-state index in [1.165, 1.54) is 32.6 Å². The van der Waals surface area contributed by atoms with Crippen molar-refractivity contribution >= 4 is 23.4 Å². The van der Waals surface area contributed by atoms with Crippen LogP contribution < -0.4 is 33.8 Å². The molecular weight excluding hydrogens is 616 g/mol. The number of nitrogens with zero attached hydrogens (tertiary/aromatic N) is 2. The molecule has 0 radical (unpaired) electrons. The van der Waals surface area contributed by atoms with Gasteiger partial charge in [-0.2, -0.15) is 0 Å². The Bertz CT molecular complexity index is 2020. The third-order valence-corrected chi connectivity index (χ3v) is 9.01.